The number of aromatic nitrogens is 2. The summed E-state index contributed by atoms with van der Waals surface area (Å²) >= 11 is 1.33. The van der Waals surface area contributed by atoms with Gasteiger partial charge in [-0.1, -0.05) is 30.0 Å². The van der Waals surface area contributed by atoms with E-state index in [2.05, 4.69) is 16.9 Å². The molecule has 2 aromatic carbocycles. The lowest BCUT2D eigenvalue weighted by Crippen LogP contribution is -2.23. The van der Waals surface area contributed by atoms with Crippen LogP contribution in [0.25, 0.3) is 11.0 Å². The molecule has 3 aromatic rings. The summed E-state index contributed by atoms with van der Waals surface area (Å²) < 4.78 is 7.18. The molecule has 0 spiro atoms. The number of nitro benzene ring substituents is 1. The highest BCUT2D eigenvalue weighted by Crippen LogP contribution is 2.31. The molecule has 0 radical (unpaired) electrons. The molecular weight excluding hydrogens is 392 g/mol. The summed E-state index contributed by atoms with van der Waals surface area (Å²) in [6.45, 7) is 6.14. The fraction of sp³-hybridized carbons (Fsp3) is 0.200. The first-order chi connectivity index (χ1) is 13.9. The second-order valence-corrected chi connectivity index (χ2v) is 7.48. The fourth-order valence-electron chi connectivity index (χ4n) is 2.79. The van der Waals surface area contributed by atoms with Crippen molar-refractivity contribution in [2.45, 2.75) is 23.9 Å². The number of methoxy groups -OCH3 is 1. The van der Waals surface area contributed by atoms with Gasteiger partial charge in [-0.2, -0.15) is 0 Å². The van der Waals surface area contributed by atoms with Crippen LogP contribution in [0.2, 0.25) is 0 Å². The van der Waals surface area contributed by atoms with E-state index in [9.17, 15) is 14.9 Å². The molecule has 1 heterocycles. The van der Waals surface area contributed by atoms with Gasteiger partial charge in [0.25, 0.3) is 5.69 Å². The maximum Gasteiger partial charge on any atom is 0.273 e. The topological polar surface area (TPSA) is 99.3 Å². The first-order valence-electron chi connectivity index (χ1n) is 8.80. The number of rotatable bonds is 8. The number of hydrogen-bond acceptors (Lipinski definition) is 6. The molecule has 8 nitrogen and oxygen atoms in total. The van der Waals surface area contributed by atoms with Crippen molar-refractivity contribution in [1.82, 2.24) is 9.55 Å². The number of carbonyl (C=O) groups is 1. The van der Waals surface area contributed by atoms with Gasteiger partial charge in [0.15, 0.2) is 5.16 Å². The number of nitro groups is 1. The summed E-state index contributed by atoms with van der Waals surface area (Å²) in [4.78, 5) is 27.7. The van der Waals surface area contributed by atoms with Crippen LogP contribution in [0.5, 0.6) is 5.75 Å². The Bertz CT molecular complexity index is 1080. The van der Waals surface area contributed by atoms with Crippen LogP contribution in [-0.2, 0) is 11.3 Å². The Hall–Kier alpha value is -3.33. The molecule has 0 fully saturated rings. The highest BCUT2D eigenvalue weighted by molar-refractivity contribution is 8.00. The molecule has 0 saturated carbocycles. The quantitative estimate of drug-likeness (QED) is 0.257. The van der Waals surface area contributed by atoms with Crippen LogP contribution in [0.15, 0.2) is 60.3 Å². The third-order valence-corrected chi connectivity index (χ3v) is 5.33. The number of ether oxygens (including phenoxy) is 1. The zero-order valence-corrected chi connectivity index (χ0v) is 16.8. The summed E-state index contributed by atoms with van der Waals surface area (Å²) in [7, 11) is 1.39. The highest BCUT2D eigenvalue weighted by atomic mass is 32.2. The van der Waals surface area contributed by atoms with Crippen LogP contribution in [0.4, 0.5) is 11.4 Å². The summed E-state index contributed by atoms with van der Waals surface area (Å²) in [6.07, 6.45) is 1.78. The molecule has 0 aliphatic rings. The van der Waals surface area contributed by atoms with Crippen molar-refractivity contribution in [3.8, 4) is 5.75 Å². The van der Waals surface area contributed by atoms with Crippen molar-refractivity contribution in [3.63, 3.8) is 0 Å². The monoisotopic (exact) mass is 412 g/mol. The number of hydrogen-bond donors (Lipinski definition) is 1. The number of fused-ring (bicyclic) bond motifs is 1. The lowest BCUT2D eigenvalue weighted by atomic mass is 10.2. The second kappa shape index (κ2) is 8.78. The zero-order valence-electron chi connectivity index (χ0n) is 16.0. The molecule has 9 heteroatoms. The van der Waals surface area contributed by atoms with Gasteiger partial charge < -0.3 is 14.6 Å². The van der Waals surface area contributed by atoms with E-state index in [4.69, 9.17) is 4.74 Å². The van der Waals surface area contributed by atoms with E-state index in [1.807, 2.05) is 28.8 Å². The summed E-state index contributed by atoms with van der Waals surface area (Å²) in [6, 6.07) is 11.8. The number of imidazole rings is 1. The summed E-state index contributed by atoms with van der Waals surface area (Å²) in [5.41, 5.74) is 2.08. The van der Waals surface area contributed by atoms with Gasteiger partial charge in [0, 0.05) is 12.6 Å². The number of allylic oxidation sites excluding steroid dienone is 1. The van der Waals surface area contributed by atoms with Crippen molar-refractivity contribution >= 4 is 40.1 Å². The number of amides is 1. The molecule has 0 saturated heterocycles. The SMILES string of the molecule is C=CCn1c(SC(C)C(=O)Nc2ccc([N+](=O)[O-])cc2OC)nc2ccccc21. The average molecular weight is 412 g/mol. The van der Waals surface area contributed by atoms with Crippen LogP contribution in [0.3, 0.4) is 0 Å². The van der Waals surface area contributed by atoms with E-state index in [0.717, 1.165) is 11.0 Å². The van der Waals surface area contributed by atoms with Crippen LogP contribution in [0.1, 0.15) is 6.92 Å². The minimum Gasteiger partial charge on any atom is -0.494 e. The summed E-state index contributed by atoms with van der Waals surface area (Å²) in [5, 5.41) is 13.9. The van der Waals surface area contributed by atoms with Crippen molar-refractivity contribution in [3.05, 3.63) is 65.2 Å². The van der Waals surface area contributed by atoms with E-state index in [1.54, 1.807) is 13.0 Å². The maximum absolute atomic E-state index is 12.7. The molecular formula is C20H20N4O4S. The largest absolute Gasteiger partial charge is 0.494 e. The van der Waals surface area contributed by atoms with Gasteiger partial charge in [0.2, 0.25) is 5.91 Å². The fourth-order valence-corrected chi connectivity index (χ4v) is 3.73. The predicted octanol–water partition coefficient (Wildman–Crippen LogP) is 4.26. The first kappa shape index (κ1) is 20.4. The second-order valence-electron chi connectivity index (χ2n) is 6.17. The molecule has 3 rings (SSSR count). The number of nitrogens with zero attached hydrogens (tertiary/aromatic N) is 3. The van der Waals surface area contributed by atoms with Gasteiger partial charge in [-0.05, 0) is 25.1 Å². The van der Waals surface area contributed by atoms with E-state index in [-0.39, 0.29) is 17.3 Å². The minimum atomic E-state index is -0.517. The Morgan fingerprint density at radius 3 is 2.86 bits per heavy atom. The van der Waals surface area contributed by atoms with Gasteiger partial charge in [-0.15, -0.1) is 6.58 Å². The van der Waals surface area contributed by atoms with Gasteiger partial charge in [0.05, 0.1) is 40.1 Å². The predicted molar refractivity (Wildman–Crippen MR) is 114 cm³/mol. The van der Waals surface area contributed by atoms with Crippen LogP contribution >= 0.6 is 11.8 Å². The van der Waals surface area contributed by atoms with Crippen LogP contribution < -0.4 is 10.1 Å². The third-order valence-electron chi connectivity index (χ3n) is 4.24. The number of non-ortho nitro benzene ring substituents is 1. The molecule has 1 amide bonds. The molecule has 150 valence electrons. The van der Waals surface area contributed by atoms with Crippen molar-refractivity contribution in [1.29, 1.82) is 0 Å². The molecule has 1 N–H and O–H groups in total. The number of anilines is 1. The molecule has 1 aromatic heterocycles. The van der Waals surface area contributed by atoms with E-state index < -0.39 is 10.2 Å². The number of carbonyl (C=O) groups excluding carboxylic acids is 1. The Balaban J connectivity index is 1.80. The summed E-state index contributed by atoms with van der Waals surface area (Å²) in [5.74, 6) is -0.0389. The van der Waals surface area contributed by atoms with Gasteiger partial charge in [0.1, 0.15) is 5.75 Å². The lowest BCUT2D eigenvalue weighted by Gasteiger charge is -2.14. The average Bonchev–Trinajstić information content (AvgIpc) is 3.05. The highest BCUT2D eigenvalue weighted by Gasteiger charge is 2.21. The number of thioether (sulfide) groups is 1. The normalized spacial score (nSPS) is 11.8. The zero-order chi connectivity index (χ0) is 21.0. The van der Waals surface area contributed by atoms with Gasteiger partial charge >= 0.3 is 0 Å². The number of nitrogens with one attached hydrogen (secondary N) is 1. The first-order valence-corrected chi connectivity index (χ1v) is 9.68. The van der Waals surface area contributed by atoms with E-state index >= 15 is 0 Å². The Labute approximate surface area is 171 Å². The third kappa shape index (κ3) is 4.40. The van der Waals surface area contributed by atoms with Crippen molar-refractivity contribution in [2.75, 3.05) is 12.4 Å². The van der Waals surface area contributed by atoms with Crippen LogP contribution in [0, 0.1) is 10.1 Å². The maximum atomic E-state index is 12.7. The van der Waals surface area contributed by atoms with Crippen molar-refractivity contribution in [2.24, 2.45) is 0 Å². The van der Waals surface area contributed by atoms with E-state index in [1.165, 1.54) is 37.1 Å². The molecule has 0 aliphatic carbocycles. The van der Waals surface area contributed by atoms with E-state index in [0.29, 0.717) is 17.4 Å². The van der Waals surface area contributed by atoms with Crippen molar-refractivity contribution < 1.29 is 14.5 Å². The lowest BCUT2D eigenvalue weighted by molar-refractivity contribution is -0.384. The van der Waals surface area contributed by atoms with Crippen LogP contribution in [-0.4, -0.2) is 32.7 Å². The Morgan fingerprint density at radius 2 is 2.17 bits per heavy atom. The number of para-hydroxylation sites is 2. The molecule has 29 heavy (non-hydrogen) atoms. The molecule has 0 aliphatic heterocycles. The molecule has 1 unspecified atom stereocenters. The Kier molecular flexibility index (Phi) is 6.18. The number of benzene rings is 2. The minimum absolute atomic E-state index is 0.111. The smallest absolute Gasteiger partial charge is 0.273 e. The molecule has 1 atom stereocenters. The van der Waals surface area contributed by atoms with Gasteiger partial charge in [-0.3, -0.25) is 14.9 Å². The standard InChI is InChI=1S/C20H20N4O4S/c1-4-11-23-17-8-6-5-7-15(17)22-20(23)29-13(2)19(25)21-16-10-9-14(24(26)27)12-18(16)28-3/h4-10,12-13H,1,11H2,2-3H3,(H,21,25). The molecule has 0 bridgehead atoms. The Morgan fingerprint density at radius 1 is 1.41 bits per heavy atom. The van der Waals surface area contributed by atoms with Gasteiger partial charge in [-0.25, -0.2) is 4.98 Å².